The fraction of sp³-hybridized carbons (Fsp3) is 0. The van der Waals surface area contributed by atoms with E-state index in [-0.39, 0.29) is 0 Å². The Bertz CT molecular complexity index is 2710. The zero-order valence-electron chi connectivity index (χ0n) is 26.2. The highest BCUT2D eigenvalue weighted by molar-refractivity contribution is 6.25. The van der Waals surface area contributed by atoms with Crippen LogP contribution >= 0.6 is 0 Å². The molecule has 9 aromatic rings. The molecule has 0 aliphatic heterocycles. The third-order valence-corrected chi connectivity index (χ3v) is 8.97. The Labute approximate surface area is 282 Å². The summed E-state index contributed by atoms with van der Waals surface area (Å²) in [6.45, 7) is 0. The molecule has 0 bridgehead atoms. The Morgan fingerprint density at radius 1 is 0.408 bits per heavy atom. The molecule has 0 saturated carbocycles. The summed E-state index contributed by atoms with van der Waals surface area (Å²) in [6.07, 6.45) is 0. The second-order valence-electron chi connectivity index (χ2n) is 11.9. The lowest BCUT2D eigenvalue weighted by atomic mass is 9.94. The summed E-state index contributed by atoms with van der Waals surface area (Å²) in [4.78, 5) is 15.1. The van der Waals surface area contributed by atoms with Gasteiger partial charge in [0.25, 0.3) is 0 Å². The van der Waals surface area contributed by atoms with Crippen LogP contribution in [0.2, 0.25) is 0 Å². The first-order valence-electron chi connectivity index (χ1n) is 16.1. The minimum atomic E-state index is 0.566. The molecule has 228 valence electrons. The van der Waals surface area contributed by atoms with E-state index in [2.05, 4.69) is 66.7 Å². The molecule has 2 aromatic heterocycles. The minimum Gasteiger partial charge on any atom is -0.456 e. The molecule has 5 heteroatoms. The van der Waals surface area contributed by atoms with E-state index < -0.39 is 0 Å². The maximum absolute atomic E-state index is 9.38. The summed E-state index contributed by atoms with van der Waals surface area (Å²) in [5.41, 5.74) is 9.13. The number of nitrogens with zero attached hydrogens (tertiary/aromatic N) is 4. The molecule has 0 aliphatic carbocycles. The van der Waals surface area contributed by atoms with Gasteiger partial charge in [0, 0.05) is 27.5 Å². The van der Waals surface area contributed by atoms with Gasteiger partial charge in [-0.3, -0.25) is 0 Å². The first-order chi connectivity index (χ1) is 24.2. The molecule has 49 heavy (non-hydrogen) atoms. The van der Waals surface area contributed by atoms with Crippen molar-refractivity contribution in [1.29, 1.82) is 5.26 Å². The molecule has 7 aromatic carbocycles. The quantitative estimate of drug-likeness (QED) is 0.190. The molecule has 5 nitrogen and oxygen atoms in total. The number of hydrogen-bond donors (Lipinski definition) is 0. The SMILES string of the molecule is N#Cc1cccc(-c2ccc(-c3nc(-c4ccccc4)nc(-c4cc5oc6cccc(-c7ccccc7)c6c5c5ccccc45)n3)cc2)c1. The predicted octanol–water partition coefficient (Wildman–Crippen LogP) is 11.1. The number of furan rings is 1. The first kappa shape index (κ1) is 28.3. The molecule has 0 unspecified atom stereocenters. The number of hydrogen-bond acceptors (Lipinski definition) is 5. The molecular weight excluding hydrogens is 601 g/mol. The molecule has 0 fully saturated rings. The largest absolute Gasteiger partial charge is 0.456 e. The molecule has 0 atom stereocenters. The fourth-order valence-electron chi connectivity index (χ4n) is 6.65. The maximum atomic E-state index is 9.38. The number of nitriles is 1. The molecular formula is C44H26N4O. The van der Waals surface area contributed by atoms with E-state index in [0.29, 0.717) is 23.0 Å². The Hall–Kier alpha value is -6.90. The Morgan fingerprint density at radius 3 is 1.73 bits per heavy atom. The maximum Gasteiger partial charge on any atom is 0.164 e. The Balaban J connectivity index is 1.25. The van der Waals surface area contributed by atoms with Crippen molar-refractivity contribution in [3.8, 4) is 62.5 Å². The number of aromatic nitrogens is 3. The molecule has 0 N–H and O–H groups in total. The average molecular weight is 627 g/mol. The molecule has 0 aliphatic rings. The van der Waals surface area contributed by atoms with E-state index in [0.717, 1.165) is 71.7 Å². The van der Waals surface area contributed by atoms with Crippen LogP contribution in [0.4, 0.5) is 0 Å². The van der Waals surface area contributed by atoms with Gasteiger partial charge in [-0.1, -0.05) is 133 Å². The Kier molecular flexibility index (Phi) is 6.78. The minimum absolute atomic E-state index is 0.566. The van der Waals surface area contributed by atoms with E-state index in [9.17, 15) is 5.26 Å². The second-order valence-corrected chi connectivity index (χ2v) is 11.9. The van der Waals surface area contributed by atoms with Gasteiger partial charge in [0.1, 0.15) is 11.2 Å². The van der Waals surface area contributed by atoms with Gasteiger partial charge < -0.3 is 4.42 Å². The van der Waals surface area contributed by atoms with E-state index >= 15 is 0 Å². The van der Waals surface area contributed by atoms with E-state index in [4.69, 9.17) is 19.4 Å². The van der Waals surface area contributed by atoms with Crippen molar-refractivity contribution in [2.75, 3.05) is 0 Å². The van der Waals surface area contributed by atoms with Crippen molar-refractivity contribution in [2.45, 2.75) is 0 Å². The number of fused-ring (bicyclic) bond motifs is 5. The van der Waals surface area contributed by atoms with Crippen LogP contribution in [0.15, 0.2) is 162 Å². The summed E-state index contributed by atoms with van der Waals surface area (Å²) in [5.74, 6) is 1.73. The standard InChI is InChI=1S/C44H26N4O/c45-27-28-11-9-16-33(25-28)29-21-23-32(24-22-29)43-46-42(31-14-5-2-6-15-31)47-44(48-43)37-26-39-41(36-18-8-7-17-35(36)37)40-34(19-10-20-38(40)49-39)30-12-3-1-4-13-30/h1-26H. The lowest BCUT2D eigenvalue weighted by Gasteiger charge is -2.12. The Morgan fingerprint density at radius 2 is 1.00 bits per heavy atom. The monoisotopic (exact) mass is 626 g/mol. The smallest absolute Gasteiger partial charge is 0.164 e. The van der Waals surface area contributed by atoms with Crippen molar-refractivity contribution in [1.82, 2.24) is 15.0 Å². The van der Waals surface area contributed by atoms with E-state index in [1.807, 2.05) is 97.1 Å². The van der Waals surface area contributed by atoms with Crippen LogP contribution in [0.5, 0.6) is 0 Å². The normalized spacial score (nSPS) is 11.2. The fourth-order valence-corrected chi connectivity index (χ4v) is 6.65. The van der Waals surface area contributed by atoms with Crippen molar-refractivity contribution < 1.29 is 4.42 Å². The summed E-state index contributed by atoms with van der Waals surface area (Å²) in [6, 6.07) is 55.1. The lowest BCUT2D eigenvalue weighted by Crippen LogP contribution is -2.00. The molecule has 0 spiro atoms. The summed E-state index contributed by atoms with van der Waals surface area (Å²) in [7, 11) is 0. The highest BCUT2D eigenvalue weighted by Crippen LogP contribution is 2.43. The van der Waals surface area contributed by atoms with Gasteiger partial charge in [-0.25, -0.2) is 15.0 Å². The molecule has 2 heterocycles. The first-order valence-corrected chi connectivity index (χ1v) is 16.1. The number of rotatable bonds is 5. The van der Waals surface area contributed by atoms with Crippen LogP contribution in [0.3, 0.4) is 0 Å². The second kappa shape index (κ2) is 11.7. The zero-order valence-corrected chi connectivity index (χ0v) is 26.2. The van der Waals surface area contributed by atoms with Crippen LogP contribution < -0.4 is 0 Å². The summed E-state index contributed by atoms with van der Waals surface area (Å²) in [5, 5.41) is 13.7. The topological polar surface area (TPSA) is 75.6 Å². The highest BCUT2D eigenvalue weighted by atomic mass is 16.3. The van der Waals surface area contributed by atoms with E-state index in [1.165, 1.54) is 0 Å². The van der Waals surface area contributed by atoms with Crippen LogP contribution in [0, 0.1) is 11.3 Å². The van der Waals surface area contributed by atoms with Crippen LogP contribution in [-0.2, 0) is 0 Å². The van der Waals surface area contributed by atoms with Gasteiger partial charge in [0.2, 0.25) is 0 Å². The predicted molar refractivity (Wildman–Crippen MR) is 197 cm³/mol. The van der Waals surface area contributed by atoms with Crippen molar-refractivity contribution in [2.24, 2.45) is 0 Å². The van der Waals surface area contributed by atoms with Gasteiger partial charge in [0.05, 0.1) is 11.6 Å². The lowest BCUT2D eigenvalue weighted by molar-refractivity contribution is 0.669. The molecule has 0 radical (unpaired) electrons. The summed E-state index contributed by atoms with van der Waals surface area (Å²) < 4.78 is 6.60. The number of benzene rings is 7. The van der Waals surface area contributed by atoms with E-state index in [1.54, 1.807) is 0 Å². The summed E-state index contributed by atoms with van der Waals surface area (Å²) >= 11 is 0. The van der Waals surface area contributed by atoms with Gasteiger partial charge in [-0.05, 0) is 57.3 Å². The van der Waals surface area contributed by atoms with Crippen molar-refractivity contribution in [3.63, 3.8) is 0 Å². The molecule has 0 amide bonds. The highest BCUT2D eigenvalue weighted by Gasteiger charge is 2.20. The van der Waals surface area contributed by atoms with Crippen LogP contribution in [-0.4, -0.2) is 15.0 Å². The van der Waals surface area contributed by atoms with Gasteiger partial charge >= 0.3 is 0 Å². The van der Waals surface area contributed by atoms with Gasteiger partial charge in [-0.15, -0.1) is 0 Å². The third-order valence-electron chi connectivity index (χ3n) is 8.97. The van der Waals surface area contributed by atoms with Crippen molar-refractivity contribution >= 4 is 32.7 Å². The average Bonchev–Trinajstić information content (AvgIpc) is 3.57. The van der Waals surface area contributed by atoms with Gasteiger partial charge in [-0.2, -0.15) is 5.26 Å². The van der Waals surface area contributed by atoms with Crippen molar-refractivity contribution in [3.05, 3.63) is 163 Å². The zero-order chi connectivity index (χ0) is 32.7. The van der Waals surface area contributed by atoms with Gasteiger partial charge in [0.15, 0.2) is 17.5 Å². The van der Waals surface area contributed by atoms with Crippen LogP contribution in [0.1, 0.15) is 5.56 Å². The molecule has 0 saturated heterocycles. The molecule has 9 rings (SSSR count). The van der Waals surface area contributed by atoms with Crippen LogP contribution in [0.25, 0.3) is 89.1 Å². The third kappa shape index (κ3) is 5.00.